The summed E-state index contributed by atoms with van der Waals surface area (Å²) < 4.78 is 2.23. The standard InChI is InChI=1S/C13H19I2N3O/c1-3-18(4-2)6-5-16-13(19)17-12-8-10(14)7-11(15)9-12/h7-9H,3-6H2,1-2H3,(H2,16,17,19). The first kappa shape index (κ1) is 17.0. The number of halogens is 2. The third kappa shape index (κ3) is 6.75. The number of hydrogen-bond acceptors (Lipinski definition) is 2. The summed E-state index contributed by atoms with van der Waals surface area (Å²) in [4.78, 5) is 14.0. The van der Waals surface area contributed by atoms with Crippen LogP contribution in [0.15, 0.2) is 18.2 Å². The van der Waals surface area contributed by atoms with Gasteiger partial charge < -0.3 is 15.5 Å². The summed E-state index contributed by atoms with van der Waals surface area (Å²) >= 11 is 4.48. The Hall–Kier alpha value is -0.0900. The minimum Gasteiger partial charge on any atom is -0.337 e. The highest BCUT2D eigenvalue weighted by molar-refractivity contribution is 14.1. The molecule has 0 radical (unpaired) electrons. The Labute approximate surface area is 142 Å². The van der Waals surface area contributed by atoms with E-state index in [1.807, 2.05) is 12.1 Å². The fourth-order valence-corrected chi connectivity index (χ4v) is 3.61. The van der Waals surface area contributed by atoms with E-state index in [0.717, 1.165) is 32.5 Å². The van der Waals surface area contributed by atoms with E-state index < -0.39 is 0 Å². The molecule has 0 aliphatic heterocycles. The van der Waals surface area contributed by atoms with Crippen LogP contribution in [-0.4, -0.2) is 37.1 Å². The van der Waals surface area contributed by atoms with Crippen molar-refractivity contribution >= 4 is 56.9 Å². The van der Waals surface area contributed by atoms with Crippen LogP contribution in [0.5, 0.6) is 0 Å². The highest BCUT2D eigenvalue weighted by atomic mass is 127. The Balaban J connectivity index is 2.38. The van der Waals surface area contributed by atoms with Crippen molar-refractivity contribution in [1.29, 1.82) is 0 Å². The fourth-order valence-electron chi connectivity index (χ4n) is 1.67. The summed E-state index contributed by atoms with van der Waals surface area (Å²) in [6.07, 6.45) is 0. The zero-order chi connectivity index (χ0) is 14.3. The minimum atomic E-state index is -0.148. The zero-order valence-electron chi connectivity index (χ0n) is 11.2. The van der Waals surface area contributed by atoms with Crippen LogP contribution < -0.4 is 10.6 Å². The quantitative estimate of drug-likeness (QED) is 0.605. The van der Waals surface area contributed by atoms with Gasteiger partial charge in [-0.2, -0.15) is 0 Å². The molecular weight excluding hydrogens is 468 g/mol. The van der Waals surface area contributed by atoms with E-state index in [9.17, 15) is 4.79 Å². The summed E-state index contributed by atoms with van der Waals surface area (Å²) in [6.45, 7) is 7.80. The van der Waals surface area contributed by atoms with Gasteiger partial charge in [-0.25, -0.2) is 4.79 Å². The SMILES string of the molecule is CCN(CC)CCNC(=O)Nc1cc(I)cc(I)c1. The molecule has 0 atom stereocenters. The first-order valence-corrected chi connectivity index (χ1v) is 8.44. The average Bonchev–Trinajstić information content (AvgIpc) is 2.33. The van der Waals surface area contributed by atoms with Gasteiger partial charge in [0.25, 0.3) is 0 Å². The Morgan fingerprint density at radius 1 is 1.16 bits per heavy atom. The molecule has 0 aliphatic carbocycles. The highest BCUT2D eigenvalue weighted by Gasteiger charge is 2.04. The second-order valence-corrected chi connectivity index (χ2v) is 6.56. The number of urea groups is 1. The Bertz CT molecular complexity index is 402. The monoisotopic (exact) mass is 487 g/mol. The number of nitrogens with zero attached hydrogens (tertiary/aromatic N) is 1. The van der Waals surface area contributed by atoms with Crippen molar-refractivity contribution < 1.29 is 4.79 Å². The van der Waals surface area contributed by atoms with E-state index in [-0.39, 0.29) is 6.03 Å². The van der Waals surface area contributed by atoms with Crippen LogP contribution in [0.2, 0.25) is 0 Å². The maximum absolute atomic E-state index is 11.7. The van der Waals surface area contributed by atoms with Crippen LogP contribution in [-0.2, 0) is 0 Å². The van der Waals surface area contributed by atoms with E-state index in [0.29, 0.717) is 6.54 Å². The van der Waals surface area contributed by atoms with Gasteiger partial charge in [0.15, 0.2) is 0 Å². The summed E-state index contributed by atoms with van der Waals surface area (Å²) in [5, 5.41) is 5.73. The Kier molecular flexibility index (Phi) is 8.00. The molecule has 4 nitrogen and oxygen atoms in total. The summed E-state index contributed by atoms with van der Waals surface area (Å²) in [7, 11) is 0. The van der Waals surface area contributed by atoms with Gasteiger partial charge in [0.05, 0.1) is 0 Å². The van der Waals surface area contributed by atoms with Gasteiger partial charge in [0.1, 0.15) is 0 Å². The number of rotatable bonds is 6. The lowest BCUT2D eigenvalue weighted by Crippen LogP contribution is -2.36. The molecule has 2 amide bonds. The molecule has 0 heterocycles. The van der Waals surface area contributed by atoms with Crippen molar-refractivity contribution in [2.45, 2.75) is 13.8 Å². The molecule has 0 unspecified atom stereocenters. The highest BCUT2D eigenvalue weighted by Crippen LogP contribution is 2.17. The van der Waals surface area contributed by atoms with Gasteiger partial charge in [0, 0.05) is 25.9 Å². The Morgan fingerprint density at radius 3 is 2.26 bits per heavy atom. The number of amides is 2. The van der Waals surface area contributed by atoms with Crippen molar-refractivity contribution in [1.82, 2.24) is 10.2 Å². The van der Waals surface area contributed by atoms with E-state index in [4.69, 9.17) is 0 Å². The number of hydrogen-bond donors (Lipinski definition) is 2. The van der Waals surface area contributed by atoms with Crippen molar-refractivity contribution in [3.05, 3.63) is 25.3 Å². The number of likely N-dealkylation sites (N-methyl/N-ethyl adjacent to an activating group) is 1. The molecule has 1 aromatic rings. The molecule has 2 N–H and O–H groups in total. The molecule has 1 aromatic carbocycles. The molecule has 106 valence electrons. The van der Waals surface area contributed by atoms with E-state index in [2.05, 4.69) is 80.6 Å². The third-order valence-corrected chi connectivity index (χ3v) is 3.97. The van der Waals surface area contributed by atoms with E-state index >= 15 is 0 Å². The van der Waals surface area contributed by atoms with Crippen molar-refractivity contribution in [2.75, 3.05) is 31.5 Å². The van der Waals surface area contributed by atoms with Crippen molar-refractivity contribution in [2.24, 2.45) is 0 Å². The maximum atomic E-state index is 11.7. The predicted molar refractivity (Wildman–Crippen MR) is 96.7 cm³/mol. The van der Waals surface area contributed by atoms with Crippen molar-refractivity contribution in [3.8, 4) is 0 Å². The molecule has 0 bridgehead atoms. The summed E-state index contributed by atoms with van der Waals surface area (Å²) in [5.41, 5.74) is 0.830. The van der Waals surface area contributed by atoms with Gasteiger partial charge in [-0.3, -0.25) is 0 Å². The molecule has 1 rings (SSSR count). The largest absolute Gasteiger partial charge is 0.337 e. The average molecular weight is 487 g/mol. The zero-order valence-corrected chi connectivity index (χ0v) is 15.5. The number of nitrogens with one attached hydrogen (secondary N) is 2. The molecule has 0 aromatic heterocycles. The predicted octanol–water partition coefficient (Wildman–Crippen LogP) is 3.36. The van der Waals surface area contributed by atoms with Crippen LogP contribution in [0, 0.1) is 7.14 Å². The molecular formula is C13H19I2N3O. The van der Waals surface area contributed by atoms with Gasteiger partial charge in [-0.05, 0) is 76.5 Å². The normalized spacial score (nSPS) is 10.6. The minimum absolute atomic E-state index is 0.148. The van der Waals surface area contributed by atoms with E-state index in [1.165, 1.54) is 0 Å². The molecule has 0 fully saturated rings. The van der Waals surface area contributed by atoms with Crippen LogP contribution in [0.4, 0.5) is 10.5 Å². The van der Waals surface area contributed by atoms with Crippen LogP contribution >= 0.6 is 45.2 Å². The van der Waals surface area contributed by atoms with Crippen LogP contribution in [0.25, 0.3) is 0 Å². The molecule has 0 saturated carbocycles. The van der Waals surface area contributed by atoms with Crippen LogP contribution in [0.1, 0.15) is 13.8 Å². The number of anilines is 1. The molecule has 0 saturated heterocycles. The molecule has 0 spiro atoms. The van der Waals surface area contributed by atoms with Gasteiger partial charge in [0.2, 0.25) is 0 Å². The van der Waals surface area contributed by atoms with Gasteiger partial charge >= 0.3 is 6.03 Å². The molecule has 19 heavy (non-hydrogen) atoms. The fraction of sp³-hybridized carbons (Fsp3) is 0.462. The van der Waals surface area contributed by atoms with Crippen LogP contribution in [0.3, 0.4) is 0 Å². The second kappa shape index (κ2) is 8.96. The number of carbonyl (C=O) groups is 1. The Morgan fingerprint density at radius 2 is 1.74 bits per heavy atom. The molecule has 0 aliphatic rings. The maximum Gasteiger partial charge on any atom is 0.319 e. The second-order valence-electron chi connectivity index (χ2n) is 4.07. The smallest absolute Gasteiger partial charge is 0.319 e. The third-order valence-electron chi connectivity index (χ3n) is 2.73. The first-order chi connectivity index (χ1) is 9.05. The lowest BCUT2D eigenvalue weighted by molar-refractivity contribution is 0.248. The van der Waals surface area contributed by atoms with Gasteiger partial charge in [-0.1, -0.05) is 13.8 Å². The van der Waals surface area contributed by atoms with Crippen molar-refractivity contribution in [3.63, 3.8) is 0 Å². The lowest BCUT2D eigenvalue weighted by Gasteiger charge is -2.18. The molecule has 6 heteroatoms. The summed E-state index contributed by atoms with van der Waals surface area (Å²) in [5.74, 6) is 0. The lowest BCUT2D eigenvalue weighted by atomic mass is 10.3. The first-order valence-electron chi connectivity index (χ1n) is 6.28. The number of benzene rings is 1. The number of carbonyl (C=O) groups excluding carboxylic acids is 1. The summed E-state index contributed by atoms with van der Waals surface area (Å²) in [6, 6.07) is 5.81. The van der Waals surface area contributed by atoms with E-state index in [1.54, 1.807) is 0 Å². The topological polar surface area (TPSA) is 44.4 Å². The van der Waals surface area contributed by atoms with Gasteiger partial charge in [-0.15, -0.1) is 0 Å².